The van der Waals surface area contributed by atoms with Gasteiger partial charge in [0.05, 0.1) is 5.75 Å². The number of nitrogens with one attached hydrogen (secondary N) is 2. The number of hydrogen-bond acceptors (Lipinski definition) is 7. The first kappa shape index (κ1) is 21.2. The van der Waals surface area contributed by atoms with Crippen LogP contribution in [0.25, 0.3) is 11.4 Å². The number of benzene rings is 1. The molecule has 0 spiro atoms. The van der Waals surface area contributed by atoms with Crippen LogP contribution >= 0.6 is 11.8 Å². The fraction of sp³-hybridized carbons (Fsp3) is 0.348. The van der Waals surface area contributed by atoms with Crippen LogP contribution in [0.4, 0.5) is 0 Å². The molecule has 7 nitrogen and oxygen atoms in total. The summed E-state index contributed by atoms with van der Waals surface area (Å²) in [6, 6.07) is 13.4. The van der Waals surface area contributed by atoms with Crippen LogP contribution < -0.4 is 0 Å². The van der Waals surface area contributed by atoms with Crippen molar-refractivity contribution in [2.24, 2.45) is 5.92 Å². The summed E-state index contributed by atoms with van der Waals surface area (Å²) in [5.74, 6) is 1.62. The van der Waals surface area contributed by atoms with E-state index in [2.05, 4.69) is 26.7 Å². The Bertz CT molecular complexity index is 1040. The second-order valence-electron chi connectivity index (χ2n) is 7.76. The number of rotatable bonds is 6. The van der Waals surface area contributed by atoms with Crippen molar-refractivity contribution in [3.8, 4) is 11.4 Å². The Labute approximate surface area is 186 Å². The van der Waals surface area contributed by atoms with Crippen LogP contribution in [0.2, 0.25) is 0 Å². The molecule has 2 N–H and O–H groups in total. The quantitative estimate of drug-likeness (QED) is 0.315. The molecule has 2 unspecified atom stereocenters. The van der Waals surface area contributed by atoms with Crippen LogP contribution in [0.3, 0.4) is 0 Å². The second kappa shape index (κ2) is 9.87. The lowest BCUT2D eigenvalue weighted by molar-refractivity contribution is 0.247. The summed E-state index contributed by atoms with van der Waals surface area (Å²) < 4.78 is 7.66. The molecule has 1 aliphatic carbocycles. The molecular weight excluding hydrogens is 408 g/mol. The lowest BCUT2D eigenvalue weighted by Crippen LogP contribution is -2.23. The van der Waals surface area contributed by atoms with E-state index in [1.165, 1.54) is 31.0 Å². The van der Waals surface area contributed by atoms with Crippen LogP contribution in [0, 0.1) is 16.7 Å². The minimum atomic E-state index is -0.0235. The highest BCUT2D eigenvalue weighted by atomic mass is 32.2. The zero-order valence-electron chi connectivity index (χ0n) is 17.5. The number of ether oxygens (including phenoxy) is 1. The maximum absolute atomic E-state index is 8.19. The molecule has 0 radical (unpaired) electrons. The van der Waals surface area contributed by atoms with E-state index < -0.39 is 0 Å². The smallest absolute Gasteiger partial charge is 0.220 e. The van der Waals surface area contributed by atoms with Gasteiger partial charge in [0.15, 0.2) is 16.9 Å². The zero-order chi connectivity index (χ0) is 21.6. The minimum Gasteiger partial charge on any atom is -0.424 e. The first-order valence-electron chi connectivity index (χ1n) is 10.5. The largest absolute Gasteiger partial charge is 0.424 e. The van der Waals surface area contributed by atoms with Gasteiger partial charge in [0.25, 0.3) is 0 Å². The third-order valence-electron chi connectivity index (χ3n) is 5.58. The van der Waals surface area contributed by atoms with E-state index in [1.54, 1.807) is 18.3 Å². The Morgan fingerprint density at radius 2 is 1.90 bits per heavy atom. The molecule has 2 heterocycles. The Kier molecular flexibility index (Phi) is 6.76. The van der Waals surface area contributed by atoms with Gasteiger partial charge in [-0.3, -0.25) is 20.4 Å². The molecule has 2 atom stereocenters. The molecule has 3 aromatic rings. The lowest BCUT2D eigenvalue weighted by Gasteiger charge is -2.31. The molecule has 0 bridgehead atoms. The predicted octanol–water partition coefficient (Wildman–Crippen LogP) is 5.20. The topological polar surface area (TPSA) is 101 Å². The molecule has 1 aliphatic rings. The van der Waals surface area contributed by atoms with Gasteiger partial charge >= 0.3 is 0 Å². The normalized spacial score (nSPS) is 18.5. The van der Waals surface area contributed by atoms with Crippen LogP contribution in [-0.2, 0) is 4.74 Å². The third kappa shape index (κ3) is 5.02. The average molecular weight is 435 g/mol. The number of pyridine rings is 1. The zero-order valence-corrected chi connectivity index (χ0v) is 18.3. The summed E-state index contributed by atoms with van der Waals surface area (Å²) in [6.07, 6.45) is 8.29. The molecule has 0 amide bonds. The van der Waals surface area contributed by atoms with Crippen molar-refractivity contribution in [3.05, 3.63) is 60.4 Å². The third-order valence-corrected chi connectivity index (χ3v) is 6.52. The van der Waals surface area contributed by atoms with Crippen molar-refractivity contribution in [3.63, 3.8) is 0 Å². The molecular formula is C23H26N6OS. The van der Waals surface area contributed by atoms with Gasteiger partial charge in [0, 0.05) is 29.6 Å². The first-order valence-corrected chi connectivity index (χ1v) is 11.5. The van der Waals surface area contributed by atoms with Crippen molar-refractivity contribution in [2.45, 2.75) is 43.8 Å². The number of nitrogens with zero attached hydrogens (tertiary/aromatic N) is 4. The van der Waals surface area contributed by atoms with E-state index in [1.807, 2.05) is 36.5 Å². The van der Waals surface area contributed by atoms with E-state index in [0.29, 0.717) is 17.5 Å². The summed E-state index contributed by atoms with van der Waals surface area (Å²) in [5.41, 5.74) is 1.59. The monoisotopic (exact) mass is 434 g/mol. The Balaban J connectivity index is 1.52. The van der Waals surface area contributed by atoms with Crippen LogP contribution in [-0.4, -0.2) is 37.3 Å². The van der Waals surface area contributed by atoms with Gasteiger partial charge in [0.1, 0.15) is 0 Å². The molecule has 0 saturated heterocycles. The predicted molar refractivity (Wildman–Crippen MR) is 123 cm³/mol. The summed E-state index contributed by atoms with van der Waals surface area (Å²) in [7, 11) is 0. The summed E-state index contributed by atoms with van der Waals surface area (Å²) in [6.45, 7) is 2.29. The molecule has 1 fully saturated rings. The van der Waals surface area contributed by atoms with Gasteiger partial charge in [-0.1, -0.05) is 49.7 Å². The highest BCUT2D eigenvalue weighted by Gasteiger charge is 2.29. The maximum Gasteiger partial charge on any atom is 0.220 e. The summed E-state index contributed by atoms with van der Waals surface area (Å²) >= 11 is 1.43. The average Bonchev–Trinajstić information content (AvgIpc) is 3.23. The number of thioether (sulfide) groups is 1. The van der Waals surface area contributed by atoms with Crippen molar-refractivity contribution in [1.82, 2.24) is 19.7 Å². The Hall–Kier alpha value is -3.00. The highest BCUT2D eigenvalue weighted by Crippen LogP contribution is 2.38. The van der Waals surface area contributed by atoms with Crippen LogP contribution in [0.15, 0.2) is 60.0 Å². The van der Waals surface area contributed by atoms with Crippen molar-refractivity contribution in [2.75, 3.05) is 5.75 Å². The van der Waals surface area contributed by atoms with E-state index in [-0.39, 0.29) is 17.5 Å². The molecule has 1 saturated carbocycles. The fourth-order valence-corrected chi connectivity index (χ4v) is 4.76. The van der Waals surface area contributed by atoms with E-state index >= 15 is 0 Å². The van der Waals surface area contributed by atoms with E-state index in [0.717, 1.165) is 23.0 Å². The Morgan fingerprint density at radius 1 is 1.10 bits per heavy atom. The van der Waals surface area contributed by atoms with Gasteiger partial charge in [-0.2, -0.15) is 0 Å². The van der Waals surface area contributed by atoms with Gasteiger partial charge < -0.3 is 4.74 Å². The maximum atomic E-state index is 8.19. The molecule has 31 heavy (non-hydrogen) atoms. The summed E-state index contributed by atoms with van der Waals surface area (Å²) in [5, 5.41) is 26.0. The van der Waals surface area contributed by atoms with Gasteiger partial charge in [-0.05, 0) is 43.0 Å². The molecule has 1 aromatic carbocycles. The second-order valence-corrected chi connectivity index (χ2v) is 8.70. The molecule has 8 heteroatoms. The van der Waals surface area contributed by atoms with Gasteiger partial charge in [-0.15, -0.1) is 10.2 Å². The molecule has 0 aliphatic heterocycles. The molecule has 160 valence electrons. The highest BCUT2D eigenvalue weighted by molar-refractivity contribution is 7.99. The van der Waals surface area contributed by atoms with Crippen LogP contribution in [0.1, 0.15) is 44.2 Å². The first-order chi connectivity index (χ1) is 15.1. The van der Waals surface area contributed by atoms with Crippen molar-refractivity contribution >= 4 is 23.6 Å². The standard InChI is InChI=1S/C23H26N6OS/c1-16-8-5-6-12-19(16)29-22(18-11-7-13-26-14-18)27-28-23(29)31-15-20(24)30-21(25)17-9-3-2-4-10-17/h2-4,7,9-11,13-14,16,19,24-25H,5-6,8,12,15H2,1H3. The van der Waals surface area contributed by atoms with E-state index in [4.69, 9.17) is 15.6 Å². The number of aromatic nitrogens is 4. The lowest BCUT2D eigenvalue weighted by atomic mass is 9.85. The number of hydrogen-bond donors (Lipinski definition) is 2. The summed E-state index contributed by atoms with van der Waals surface area (Å²) in [4.78, 5) is 4.25. The van der Waals surface area contributed by atoms with Crippen molar-refractivity contribution in [1.29, 1.82) is 10.8 Å². The SMILES string of the molecule is CC1CCCCC1n1c(SCC(=N)OC(=N)c2ccccc2)nnc1-c1cccnc1. The molecule has 2 aromatic heterocycles. The van der Waals surface area contributed by atoms with Crippen molar-refractivity contribution < 1.29 is 4.74 Å². The van der Waals surface area contributed by atoms with Gasteiger partial charge in [-0.25, -0.2) is 0 Å². The van der Waals surface area contributed by atoms with E-state index in [9.17, 15) is 0 Å². The Morgan fingerprint density at radius 3 is 2.65 bits per heavy atom. The van der Waals surface area contributed by atoms with Crippen LogP contribution in [0.5, 0.6) is 0 Å². The van der Waals surface area contributed by atoms with Gasteiger partial charge in [0.2, 0.25) is 5.90 Å². The molecule has 4 rings (SSSR count). The minimum absolute atomic E-state index is 0.0213. The fourth-order valence-electron chi connectivity index (χ4n) is 3.98.